The van der Waals surface area contributed by atoms with Crippen LogP contribution in [0.5, 0.6) is 0 Å². The van der Waals surface area contributed by atoms with Crippen molar-refractivity contribution in [2.45, 2.75) is 74.8 Å². The topological polar surface area (TPSA) is 107 Å². The number of rotatable bonds is 8. The molecule has 188 valence electrons. The fourth-order valence-corrected chi connectivity index (χ4v) is 7.13. The van der Waals surface area contributed by atoms with Crippen LogP contribution in [-0.4, -0.2) is 74.7 Å². The molecule has 2 N–H and O–H groups in total. The summed E-state index contributed by atoms with van der Waals surface area (Å²) in [5.74, 6) is -3.65. The van der Waals surface area contributed by atoms with Crippen LogP contribution < -0.4 is 0 Å². The van der Waals surface area contributed by atoms with Crippen LogP contribution in [0, 0.1) is 11.8 Å². The van der Waals surface area contributed by atoms with E-state index in [4.69, 9.17) is 4.74 Å². The quantitative estimate of drug-likeness (QED) is 0.552. The molecule has 3 saturated heterocycles. The van der Waals surface area contributed by atoms with Gasteiger partial charge < -0.3 is 24.7 Å². The Labute approximate surface area is 205 Å². The van der Waals surface area contributed by atoms with Crippen LogP contribution in [0.25, 0.3) is 0 Å². The van der Waals surface area contributed by atoms with Crippen LogP contribution in [0.2, 0.25) is 0 Å². The summed E-state index contributed by atoms with van der Waals surface area (Å²) in [6.07, 6.45) is 7.06. The van der Waals surface area contributed by atoms with Crippen LogP contribution in [0.4, 0.5) is 0 Å². The number of aliphatic hydroxyl groups is 1. The second-order valence-electron chi connectivity index (χ2n) is 10.3. The Bertz CT molecular complexity index is 993. The van der Waals surface area contributed by atoms with Crippen molar-refractivity contribution in [3.05, 3.63) is 48.6 Å². The number of ether oxygens (including phenoxy) is 1. The molecule has 1 saturated carbocycles. The summed E-state index contributed by atoms with van der Waals surface area (Å²) in [5, 5.41) is 20.5. The normalized spacial score (nSPS) is 32.9. The molecular weight excluding hydrogens is 448 g/mol. The zero-order valence-corrected chi connectivity index (χ0v) is 19.9. The number of carboxylic acid groups (broad SMARTS) is 1. The van der Waals surface area contributed by atoms with Gasteiger partial charge in [0.2, 0.25) is 11.8 Å². The predicted molar refractivity (Wildman–Crippen MR) is 127 cm³/mol. The highest BCUT2D eigenvalue weighted by Crippen LogP contribution is 2.60. The summed E-state index contributed by atoms with van der Waals surface area (Å²) in [4.78, 5) is 44.0. The van der Waals surface area contributed by atoms with Crippen molar-refractivity contribution in [1.29, 1.82) is 0 Å². The lowest BCUT2D eigenvalue weighted by molar-refractivity contribution is -0.154. The first-order chi connectivity index (χ1) is 16.9. The van der Waals surface area contributed by atoms with Gasteiger partial charge in [0.15, 0.2) is 0 Å². The first-order valence-electron chi connectivity index (χ1n) is 12.7. The average molecular weight is 483 g/mol. The summed E-state index contributed by atoms with van der Waals surface area (Å²) >= 11 is 0. The highest BCUT2D eigenvalue weighted by Gasteiger charge is 2.75. The molecule has 2 bridgehead atoms. The number of hydrogen-bond donors (Lipinski definition) is 2. The van der Waals surface area contributed by atoms with Crippen molar-refractivity contribution in [2.75, 3.05) is 13.2 Å². The summed E-state index contributed by atoms with van der Waals surface area (Å²) in [5.41, 5.74) is -0.495. The fourth-order valence-electron chi connectivity index (χ4n) is 7.13. The third-order valence-corrected chi connectivity index (χ3v) is 8.57. The van der Waals surface area contributed by atoms with Crippen molar-refractivity contribution < 1.29 is 29.3 Å². The van der Waals surface area contributed by atoms with Gasteiger partial charge in [0.1, 0.15) is 11.6 Å². The molecule has 8 nitrogen and oxygen atoms in total. The van der Waals surface area contributed by atoms with E-state index < -0.39 is 47.5 Å². The van der Waals surface area contributed by atoms with E-state index >= 15 is 0 Å². The van der Waals surface area contributed by atoms with E-state index in [1.54, 1.807) is 6.08 Å². The van der Waals surface area contributed by atoms with Crippen molar-refractivity contribution >= 4 is 17.8 Å². The summed E-state index contributed by atoms with van der Waals surface area (Å²) in [6, 6.07) is 7.40. The van der Waals surface area contributed by atoms with E-state index in [-0.39, 0.29) is 18.6 Å². The van der Waals surface area contributed by atoms with Gasteiger partial charge in [-0.25, -0.2) is 0 Å². The number of amides is 2. The molecule has 2 amide bonds. The Morgan fingerprint density at radius 1 is 1.20 bits per heavy atom. The maximum absolute atomic E-state index is 14.4. The molecular formula is C27H34N2O6. The minimum absolute atomic E-state index is 0.0415. The summed E-state index contributed by atoms with van der Waals surface area (Å²) < 4.78 is 6.34. The fraction of sp³-hybridized carbons (Fsp3) is 0.593. The number of carbonyl (C=O) groups is 3. The molecule has 3 aliphatic heterocycles. The SMILES string of the molecule is C=CCN(C(=O)C1N([C@H](CO)c2ccccc2)C(=O)[C@@H]2[C@H](C(=O)O)[C@@H]3CCC12O3)C1CCCCC1. The third kappa shape index (κ3) is 3.69. The molecule has 5 rings (SSSR count). The number of aliphatic hydroxyl groups excluding tert-OH is 1. The monoisotopic (exact) mass is 482 g/mol. The Kier molecular flexibility index (Phi) is 6.44. The number of carboxylic acids is 1. The molecule has 0 radical (unpaired) electrons. The lowest BCUT2D eigenvalue weighted by Gasteiger charge is -2.42. The molecule has 35 heavy (non-hydrogen) atoms. The van der Waals surface area contributed by atoms with E-state index in [0.29, 0.717) is 24.9 Å². The molecule has 3 heterocycles. The highest BCUT2D eigenvalue weighted by molar-refractivity contribution is 5.98. The van der Waals surface area contributed by atoms with Crippen molar-refractivity contribution in [3.8, 4) is 0 Å². The standard InChI is InChI=1S/C27H34N2O6/c1-2-15-28(18-11-7-4-8-12-18)25(32)23-27-14-13-20(35-27)21(26(33)34)22(27)24(31)29(23)19(16-30)17-9-5-3-6-10-17/h2-3,5-6,9-10,18-23,30H,1,4,7-8,11-16H2,(H,33,34)/t19-,20+,21-,22+,23?,27?/m1/s1. The van der Waals surface area contributed by atoms with E-state index in [1.807, 2.05) is 35.2 Å². The number of fused-ring (bicyclic) bond motifs is 1. The zero-order chi connectivity index (χ0) is 24.7. The lowest BCUT2D eigenvalue weighted by atomic mass is 9.70. The Balaban J connectivity index is 1.61. The van der Waals surface area contributed by atoms with Gasteiger partial charge in [-0.2, -0.15) is 0 Å². The minimum Gasteiger partial charge on any atom is -0.481 e. The molecule has 2 unspecified atom stereocenters. The molecule has 1 spiro atoms. The number of nitrogens with zero attached hydrogens (tertiary/aromatic N) is 2. The average Bonchev–Trinajstić information content (AvgIpc) is 3.52. The van der Waals surface area contributed by atoms with Crippen LogP contribution >= 0.6 is 0 Å². The van der Waals surface area contributed by atoms with Crippen LogP contribution in [0.3, 0.4) is 0 Å². The molecule has 8 heteroatoms. The minimum atomic E-state index is -1.20. The second-order valence-corrected chi connectivity index (χ2v) is 10.3. The Hall–Kier alpha value is -2.71. The van der Waals surface area contributed by atoms with Gasteiger partial charge in [0, 0.05) is 12.6 Å². The molecule has 1 aromatic rings. The van der Waals surface area contributed by atoms with Gasteiger partial charge in [-0.1, -0.05) is 55.7 Å². The van der Waals surface area contributed by atoms with Gasteiger partial charge in [-0.15, -0.1) is 6.58 Å². The number of benzene rings is 1. The van der Waals surface area contributed by atoms with Gasteiger partial charge in [0.25, 0.3) is 0 Å². The van der Waals surface area contributed by atoms with Crippen LogP contribution in [0.15, 0.2) is 43.0 Å². The predicted octanol–water partition coefficient (Wildman–Crippen LogP) is 2.53. The Morgan fingerprint density at radius 3 is 2.54 bits per heavy atom. The third-order valence-electron chi connectivity index (χ3n) is 8.57. The smallest absolute Gasteiger partial charge is 0.310 e. The molecule has 0 aromatic heterocycles. The van der Waals surface area contributed by atoms with Gasteiger partial charge in [-0.3, -0.25) is 14.4 Å². The molecule has 1 aromatic carbocycles. The van der Waals surface area contributed by atoms with Crippen molar-refractivity contribution in [1.82, 2.24) is 9.80 Å². The first kappa shape index (κ1) is 24.0. The molecule has 6 atom stereocenters. The van der Waals surface area contributed by atoms with Gasteiger partial charge in [0.05, 0.1) is 30.6 Å². The summed E-state index contributed by atoms with van der Waals surface area (Å²) in [7, 11) is 0. The van der Waals surface area contributed by atoms with E-state index in [0.717, 1.165) is 32.1 Å². The van der Waals surface area contributed by atoms with E-state index in [1.165, 1.54) is 4.90 Å². The number of hydrogen-bond acceptors (Lipinski definition) is 5. The number of carbonyl (C=O) groups excluding carboxylic acids is 2. The van der Waals surface area contributed by atoms with E-state index in [2.05, 4.69) is 6.58 Å². The second kappa shape index (κ2) is 9.39. The molecule has 4 aliphatic rings. The van der Waals surface area contributed by atoms with E-state index in [9.17, 15) is 24.6 Å². The largest absolute Gasteiger partial charge is 0.481 e. The maximum atomic E-state index is 14.4. The van der Waals surface area contributed by atoms with Gasteiger partial charge >= 0.3 is 5.97 Å². The lowest BCUT2D eigenvalue weighted by Crippen LogP contribution is -2.59. The molecule has 4 fully saturated rings. The highest BCUT2D eigenvalue weighted by atomic mass is 16.5. The summed E-state index contributed by atoms with van der Waals surface area (Å²) in [6.45, 7) is 3.83. The Morgan fingerprint density at radius 2 is 1.91 bits per heavy atom. The van der Waals surface area contributed by atoms with Crippen LogP contribution in [-0.2, 0) is 19.1 Å². The van der Waals surface area contributed by atoms with Gasteiger partial charge in [-0.05, 0) is 31.2 Å². The maximum Gasteiger partial charge on any atom is 0.310 e. The number of aliphatic carboxylic acids is 1. The first-order valence-corrected chi connectivity index (χ1v) is 12.7. The van der Waals surface area contributed by atoms with Crippen molar-refractivity contribution in [3.63, 3.8) is 0 Å². The zero-order valence-electron chi connectivity index (χ0n) is 19.9. The molecule has 1 aliphatic carbocycles. The van der Waals surface area contributed by atoms with Crippen LogP contribution in [0.1, 0.15) is 56.6 Å². The van der Waals surface area contributed by atoms with Crippen molar-refractivity contribution in [2.24, 2.45) is 11.8 Å². The number of likely N-dealkylation sites (tertiary alicyclic amines) is 1.